The summed E-state index contributed by atoms with van der Waals surface area (Å²) in [6, 6.07) is 12.1. The van der Waals surface area contributed by atoms with Crippen molar-refractivity contribution in [2.24, 2.45) is 0 Å². The first-order valence-electron chi connectivity index (χ1n) is 26.1. The first kappa shape index (κ1) is 43.1. The summed E-state index contributed by atoms with van der Waals surface area (Å²) in [5.74, 6) is -1.55. The van der Waals surface area contributed by atoms with Gasteiger partial charge in [-0.1, -0.05) is 0 Å². The van der Waals surface area contributed by atoms with Crippen molar-refractivity contribution < 1.29 is 37.9 Å². The highest BCUT2D eigenvalue weighted by atomic mass is 32.1. The maximum absolute atomic E-state index is 14.2. The van der Waals surface area contributed by atoms with E-state index in [1.165, 1.54) is 16.6 Å². The van der Waals surface area contributed by atoms with Crippen LogP contribution >= 0.6 is 11.3 Å². The van der Waals surface area contributed by atoms with Gasteiger partial charge in [0.25, 0.3) is 17.7 Å². The van der Waals surface area contributed by atoms with Gasteiger partial charge in [-0.15, -0.1) is 11.3 Å². The van der Waals surface area contributed by atoms with Crippen molar-refractivity contribution in [1.82, 2.24) is 30.1 Å². The zero-order valence-electron chi connectivity index (χ0n) is 43.0. The number of fused-ring (bicyclic) bond motifs is 4. The van der Waals surface area contributed by atoms with Crippen molar-refractivity contribution in [3.63, 3.8) is 0 Å². The lowest BCUT2D eigenvalue weighted by atomic mass is 9.89. The summed E-state index contributed by atoms with van der Waals surface area (Å²) in [7, 11) is -2.80. The maximum atomic E-state index is 14.2. The molecule has 18 heteroatoms. The molecule has 5 aliphatic heterocycles. The number of ether oxygens (including phenoxy) is 1. The maximum Gasteiger partial charge on any atom is 0.269 e. The molecule has 71 heavy (non-hydrogen) atoms. The number of aliphatic hydroxyl groups is 1. The number of amides is 5. The van der Waals surface area contributed by atoms with Gasteiger partial charge in [-0.2, -0.15) is 0 Å². The Balaban J connectivity index is 0.754. The minimum absolute atomic E-state index is 0.0683. The van der Waals surface area contributed by atoms with Crippen molar-refractivity contribution in [3.05, 3.63) is 98.6 Å². The Kier molecular flexibility index (Phi) is 11.2. The average molecular weight is 982 g/mol. The molecule has 6 aliphatic rings. The number of hydrogen-bond donors (Lipinski definition) is 3. The van der Waals surface area contributed by atoms with Crippen molar-refractivity contribution in [3.8, 4) is 17.0 Å². The fourth-order valence-electron chi connectivity index (χ4n) is 11.6. The fourth-order valence-corrected chi connectivity index (χ4v) is 13.0. The highest BCUT2D eigenvalue weighted by molar-refractivity contribution is 7.14. The summed E-state index contributed by atoms with van der Waals surface area (Å²) >= 11 is 1.59. The minimum Gasteiger partial charge on any atom is -0.480 e. The number of carbonyl (C=O) groups is 5. The van der Waals surface area contributed by atoms with Gasteiger partial charge >= 0.3 is 0 Å². The highest BCUT2D eigenvalue weighted by Gasteiger charge is 2.45. The molecular weight excluding hydrogens is 921 g/mol. The number of piperidine rings is 2. The van der Waals surface area contributed by atoms with Gasteiger partial charge in [-0.3, -0.25) is 44.0 Å². The van der Waals surface area contributed by atoms with Crippen LogP contribution in [0.5, 0.6) is 5.88 Å². The molecule has 1 unspecified atom stereocenters. The predicted molar refractivity (Wildman–Crippen MR) is 270 cm³/mol. The standard InChI is InChI=1S/C53H58N10O7S/c1-30-29-60(32-16-20-59(21-17-32)33-9-11-38-39(26-33)51(67)63(50(38)66)41-12-14-44(64)58-48(41)65)23-24-61(30)34-10-13-43(55-28-34)57-40-25-31(27-56-49(40)70-4)35-15-19-54-47(45(35)53(2,3)69)62-22-18-37-36-7-5-6-8-42(36)71-46(37)52(62)68/h9-11,13,15,19,25-28,30,32,41,69H,5-8,12,14,16-18,20-24,29H2,1-4H3,(H,55,57)(H,58,64,65)/t30-,41?/m0/s1/i4D3. The molecule has 0 saturated carbocycles. The van der Waals surface area contributed by atoms with E-state index in [0.29, 0.717) is 47.3 Å². The molecule has 4 aromatic heterocycles. The summed E-state index contributed by atoms with van der Waals surface area (Å²) in [4.78, 5) is 91.0. The molecule has 0 radical (unpaired) electrons. The molecule has 5 amide bonds. The number of hydrogen-bond acceptors (Lipinski definition) is 15. The molecule has 0 spiro atoms. The number of nitrogens with one attached hydrogen (secondary N) is 2. The van der Waals surface area contributed by atoms with Gasteiger partial charge in [0.2, 0.25) is 17.7 Å². The van der Waals surface area contributed by atoms with Gasteiger partial charge < -0.3 is 25.0 Å². The molecule has 3 N–H and O–H groups in total. The number of aromatic nitrogens is 3. The number of thiophene rings is 1. The third-order valence-corrected chi connectivity index (χ3v) is 16.5. The summed E-state index contributed by atoms with van der Waals surface area (Å²) in [6.07, 6.45) is 11.9. The van der Waals surface area contributed by atoms with Crippen molar-refractivity contribution >= 4 is 69.6 Å². The number of aryl methyl sites for hydroxylation is 1. The van der Waals surface area contributed by atoms with Gasteiger partial charge in [0.15, 0.2) is 0 Å². The molecular formula is C53H58N10O7S. The third-order valence-electron chi connectivity index (χ3n) is 15.1. The topological polar surface area (TPSA) is 194 Å². The summed E-state index contributed by atoms with van der Waals surface area (Å²) in [6.45, 7) is 9.96. The molecule has 3 fully saturated rings. The Morgan fingerprint density at radius 1 is 0.817 bits per heavy atom. The number of benzene rings is 1. The van der Waals surface area contributed by atoms with Crippen LogP contribution in [0.3, 0.4) is 0 Å². The third kappa shape index (κ3) is 8.48. The molecule has 368 valence electrons. The van der Waals surface area contributed by atoms with Crippen molar-refractivity contribution in [2.45, 2.75) is 102 Å². The Morgan fingerprint density at radius 2 is 1.62 bits per heavy atom. The van der Waals surface area contributed by atoms with Crippen LogP contribution in [0.25, 0.3) is 11.1 Å². The smallest absolute Gasteiger partial charge is 0.269 e. The second-order valence-electron chi connectivity index (χ2n) is 20.0. The zero-order chi connectivity index (χ0) is 51.8. The average Bonchev–Trinajstić information content (AvgIpc) is 3.88. The van der Waals surface area contributed by atoms with E-state index in [4.69, 9.17) is 18.8 Å². The Bertz CT molecular complexity index is 3100. The molecule has 1 aliphatic carbocycles. The van der Waals surface area contributed by atoms with Gasteiger partial charge in [0, 0.05) is 91.9 Å². The second-order valence-corrected chi connectivity index (χ2v) is 21.1. The summed E-state index contributed by atoms with van der Waals surface area (Å²) in [5.41, 5.74) is 5.17. The number of methoxy groups -OCH3 is 1. The quantitative estimate of drug-likeness (QED) is 0.133. The van der Waals surface area contributed by atoms with Crippen LogP contribution in [0.1, 0.15) is 115 Å². The van der Waals surface area contributed by atoms with Crippen LogP contribution in [0.15, 0.2) is 61.1 Å². The van der Waals surface area contributed by atoms with Gasteiger partial charge in [0.1, 0.15) is 23.4 Å². The van der Waals surface area contributed by atoms with Crippen LogP contribution in [0.2, 0.25) is 0 Å². The molecule has 2 atom stereocenters. The molecule has 1 aromatic carbocycles. The first-order valence-corrected chi connectivity index (χ1v) is 25.4. The van der Waals surface area contributed by atoms with Crippen LogP contribution in [0, 0.1) is 0 Å². The largest absolute Gasteiger partial charge is 0.480 e. The SMILES string of the molecule is [2H]C([2H])([2H])Oc1ncc(-c2ccnc(N3CCc4c(sc5c4CCCC5)C3=O)c2C(C)(C)O)cc1Nc1ccc(N2CCN(C3CCN(c4ccc5c(c4)C(=O)N(C4CCC(=O)NC4=O)C5=O)CC3)C[C@@H]2C)cn1. The molecule has 9 heterocycles. The lowest BCUT2D eigenvalue weighted by Crippen LogP contribution is -2.57. The number of imide groups is 2. The van der Waals surface area contributed by atoms with Crippen LogP contribution in [-0.4, -0.2) is 124 Å². The van der Waals surface area contributed by atoms with E-state index in [2.05, 4.69) is 37.2 Å². The zero-order valence-corrected chi connectivity index (χ0v) is 40.8. The Hall–Kier alpha value is -6.76. The molecule has 5 aromatic rings. The predicted octanol–water partition coefficient (Wildman–Crippen LogP) is 6.24. The number of pyridine rings is 3. The lowest BCUT2D eigenvalue weighted by molar-refractivity contribution is -0.136. The normalized spacial score (nSPS) is 21.9. The molecule has 11 rings (SSSR count). The number of carbonyl (C=O) groups excluding carboxylic acids is 5. The van der Waals surface area contributed by atoms with Crippen molar-refractivity contribution in [1.29, 1.82) is 0 Å². The van der Waals surface area contributed by atoms with Gasteiger partial charge in [-0.25, -0.2) is 15.0 Å². The van der Waals surface area contributed by atoms with Gasteiger partial charge in [-0.05, 0) is 131 Å². The molecule has 0 bridgehead atoms. The van der Waals surface area contributed by atoms with Gasteiger partial charge in [0.05, 0.1) is 44.6 Å². The van der Waals surface area contributed by atoms with Crippen LogP contribution in [-0.2, 0) is 34.5 Å². The molecule has 3 saturated heterocycles. The Morgan fingerprint density at radius 3 is 2.38 bits per heavy atom. The lowest BCUT2D eigenvalue weighted by Gasteiger charge is -2.46. The monoisotopic (exact) mass is 981 g/mol. The van der Waals surface area contributed by atoms with E-state index >= 15 is 0 Å². The number of anilines is 5. The van der Waals surface area contributed by atoms with E-state index in [1.54, 1.807) is 66.7 Å². The van der Waals surface area contributed by atoms with E-state index in [9.17, 15) is 29.1 Å². The van der Waals surface area contributed by atoms with Crippen molar-refractivity contribution in [2.75, 3.05) is 66.3 Å². The van der Waals surface area contributed by atoms with E-state index in [1.807, 2.05) is 18.2 Å². The summed E-state index contributed by atoms with van der Waals surface area (Å²) in [5, 5.41) is 17.3. The number of rotatable bonds is 10. The first-order chi connectivity index (χ1) is 35.4. The minimum atomic E-state index is -2.80. The fraction of sp³-hybridized carbons (Fsp3) is 0.434. The number of nitrogens with zero attached hydrogens (tertiary/aromatic N) is 8. The second kappa shape index (κ2) is 18.4. The number of piperazine rings is 1. The van der Waals surface area contributed by atoms with E-state index < -0.39 is 42.3 Å². The van der Waals surface area contributed by atoms with E-state index in [-0.39, 0.29) is 47.5 Å². The van der Waals surface area contributed by atoms with Crippen LogP contribution in [0.4, 0.5) is 28.7 Å². The molecule has 17 nitrogen and oxygen atoms in total. The van der Waals surface area contributed by atoms with E-state index in [0.717, 1.165) is 98.0 Å². The highest BCUT2D eigenvalue weighted by Crippen LogP contribution is 2.43. The summed E-state index contributed by atoms with van der Waals surface area (Å²) < 4.78 is 29.1. The Labute approximate surface area is 420 Å². The van der Waals surface area contributed by atoms with Crippen LogP contribution < -0.4 is 30.1 Å².